The van der Waals surface area contributed by atoms with Crippen molar-refractivity contribution in [1.82, 2.24) is 16.0 Å². The number of carbonyl (C=O) groups excluding carboxylic acids is 2. The third-order valence-electron chi connectivity index (χ3n) is 1.91. The van der Waals surface area contributed by atoms with Crippen LogP contribution in [-0.4, -0.2) is 49.5 Å². The standard InChI is InChI=1S/C8H17N3O2S2/c1-9-5(3-14)8(13)11-6(4-15)7(12)10-2/h5-6,9,14-15H,3-4H2,1-2H3,(H,10,12)(H,11,13)/t5?,6-/m0/s1. The third-order valence-corrected chi connectivity index (χ3v) is 2.64. The molecule has 0 bridgehead atoms. The van der Waals surface area contributed by atoms with Crippen molar-refractivity contribution in [2.45, 2.75) is 12.1 Å². The number of thiol groups is 2. The summed E-state index contributed by atoms with van der Waals surface area (Å²) in [5, 5.41) is 7.83. The van der Waals surface area contributed by atoms with Gasteiger partial charge in [-0.3, -0.25) is 9.59 Å². The molecule has 0 radical (unpaired) electrons. The van der Waals surface area contributed by atoms with Gasteiger partial charge in [0.25, 0.3) is 0 Å². The monoisotopic (exact) mass is 251 g/mol. The predicted octanol–water partition coefficient (Wildman–Crippen LogP) is -1.34. The van der Waals surface area contributed by atoms with Gasteiger partial charge < -0.3 is 16.0 Å². The Bertz CT molecular complexity index is 222. The van der Waals surface area contributed by atoms with Crippen molar-refractivity contribution in [3.05, 3.63) is 0 Å². The fourth-order valence-corrected chi connectivity index (χ4v) is 1.55. The van der Waals surface area contributed by atoms with Gasteiger partial charge in [-0.05, 0) is 7.05 Å². The first kappa shape index (κ1) is 14.6. The van der Waals surface area contributed by atoms with Crippen LogP contribution in [0.5, 0.6) is 0 Å². The third kappa shape index (κ3) is 4.76. The van der Waals surface area contributed by atoms with Gasteiger partial charge in [-0.2, -0.15) is 25.3 Å². The first-order chi connectivity index (χ1) is 7.10. The Morgan fingerprint density at radius 2 is 1.60 bits per heavy atom. The molecular weight excluding hydrogens is 234 g/mol. The topological polar surface area (TPSA) is 70.2 Å². The minimum Gasteiger partial charge on any atom is -0.357 e. The summed E-state index contributed by atoms with van der Waals surface area (Å²) in [5.41, 5.74) is 0. The zero-order valence-electron chi connectivity index (χ0n) is 8.78. The number of hydrogen-bond donors (Lipinski definition) is 5. The summed E-state index contributed by atoms with van der Waals surface area (Å²) < 4.78 is 0. The van der Waals surface area contributed by atoms with Crippen LogP contribution in [-0.2, 0) is 9.59 Å². The molecule has 0 aliphatic rings. The highest BCUT2D eigenvalue weighted by atomic mass is 32.1. The molecule has 1 unspecified atom stereocenters. The summed E-state index contributed by atoms with van der Waals surface area (Å²) in [5.74, 6) is 0.117. The molecule has 0 heterocycles. The molecule has 0 saturated heterocycles. The van der Waals surface area contributed by atoms with Crippen LogP contribution in [0.4, 0.5) is 0 Å². The van der Waals surface area contributed by atoms with Gasteiger partial charge in [0.1, 0.15) is 6.04 Å². The molecule has 7 heteroatoms. The average Bonchev–Trinajstić information content (AvgIpc) is 2.26. The second-order valence-electron chi connectivity index (χ2n) is 2.88. The van der Waals surface area contributed by atoms with E-state index in [0.717, 1.165) is 0 Å². The van der Waals surface area contributed by atoms with Crippen LogP contribution >= 0.6 is 25.3 Å². The van der Waals surface area contributed by atoms with Crippen molar-refractivity contribution in [2.75, 3.05) is 25.6 Å². The maximum Gasteiger partial charge on any atom is 0.243 e. The fraction of sp³-hybridized carbons (Fsp3) is 0.750. The van der Waals surface area contributed by atoms with Gasteiger partial charge in [0.2, 0.25) is 11.8 Å². The number of hydrogen-bond acceptors (Lipinski definition) is 5. The number of nitrogens with one attached hydrogen (secondary N) is 3. The summed E-state index contributed by atoms with van der Waals surface area (Å²) in [6.45, 7) is 0. The van der Waals surface area contributed by atoms with Crippen LogP contribution in [0.15, 0.2) is 0 Å². The number of likely N-dealkylation sites (N-methyl/N-ethyl adjacent to an activating group) is 2. The van der Waals surface area contributed by atoms with Gasteiger partial charge in [-0.1, -0.05) is 0 Å². The molecule has 0 aromatic carbocycles. The van der Waals surface area contributed by atoms with Crippen molar-refractivity contribution in [3.63, 3.8) is 0 Å². The van der Waals surface area contributed by atoms with Crippen molar-refractivity contribution < 1.29 is 9.59 Å². The smallest absolute Gasteiger partial charge is 0.243 e. The lowest BCUT2D eigenvalue weighted by molar-refractivity contribution is -0.128. The second-order valence-corrected chi connectivity index (χ2v) is 3.61. The molecule has 0 rings (SSSR count). The Labute approximate surface area is 101 Å². The van der Waals surface area contributed by atoms with E-state index in [1.807, 2.05) is 0 Å². The van der Waals surface area contributed by atoms with Crippen LogP contribution < -0.4 is 16.0 Å². The minimum atomic E-state index is -0.610. The highest BCUT2D eigenvalue weighted by molar-refractivity contribution is 7.80. The molecule has 0 aliphatic heterocycles. The Balaban J connectivity index is 4.29. The summed E-state index contributed by atoms with van der Waals surface area (Å²) in [7, 11) is 3.18. The maximum atomic E-state index is 11.6. The van der Waals surface area contributed by atoms with Gasteiger partial charge in [0, 0.05) is 18.6 Å². The van der Waals surface area contributed by atoms with Crippen molar-refractivity contribution in [3.8, 4) is 0 Å². The van der Waals surface area contributed by atoms with Crippen molar-refractivity contribution >= 4 is 37.1 Å². The number of carbonyl (C=O) groups is 2. The summed E-state index contributed by atoms with van der Waals surface area (Å²) >= 11 is 8.01. The molecule has 0 aromatic heterocycles. The highest BCUT2D eigenvalue weighted by Gasteiger charge is 2.21. The maximum absolute atomic E-state index is 11.6. The molecule has 0 spiro atoms. The molecular formula is C8H17N3O2S2. The second kappa shape index (κ2) is 7.84. The molecule has 0 aromatic rings. The SMILES string of the molecule is CNC(=O)[C@H](CS)NC(=O)C(CS)NC. The lowest BCUT2D eigenvalue weighted by Crippen LogP contribution is -2.53. The van der Waals surface area contributed by atoms with Crippen LogP contribution in [0.2, 0.25) is 0 Å². The van der Waals surface area contributed by atoms with Crippen LogP contribution in [0.25, 0.3) is 0 Å². The molecule has 0 aliphatic carbocycles. The summed E-state index contributed by atoms with van der Waals surface area (Å²) in [6.07, 6.45) is 0. The van der Waals surface area contributed by atoms with Gasteiger partial charge in [-0.25, -0.2) is 0 Å². The molecule has 88 valence electrons. The Hall–Kier alpha value is -0.400. The van der Waals surface area contributed by atoms with Gasteiger partial charge >= 0.3 is 0 Å². The normalized spacial score (nSPS) is 14.1. The zero-order valence-corrected chi connectivity index (χ0v) is 10.6. The van der Waals surface area contributed by atoms with E-state index in [9.17, 15) is 9.59 Å². The largest absolute Gasteiger partial charge is 0.357 e. The van der Waals surface area contributed by atoms with E-state index >= 15 is 0 Å². The van der Waals surface area contributed by atoms with E-state index in [0.29, 0.717) is 5.75 Å². The Morgan fingerprint density at radius 1 is 1.07 bits per heavy atom. The summed E-state index contributed by atoms with van der Waals surface area (Å²) in [6, 6.07) is -1.01. The first-order valence-electron chi connectivity index (χ1n) is 4.51. The van der Waals surface area contributed by atoms with Crippen molar-refractivity contribution in [1.29, 1.82) is 0 Å². The molecule has 2 atom stereocenters. The molecule has 3 N–H and O–H groups in total. The fourth-order valence-electron chi connectivity index (χ4n) is 0.946. The van der Waals surface area contributed by atoms with Crippen LogP contribution in [0, 0.1) is 0 Å². The number of amides is 2. The van der Waals surface area contributed by atoms with E-state index in [2.05, 4.69) is 41.2 Å². The van der Waals surface area contributed by atoms with Gasteiger partial charge in [0.15, 0.2) is 0 Å². The van der Waals surface area contributed by atoms with E-state index in [1.165, 1.54) is 7.05 Å². The Morgan fingerprint density at radius 3 is 1.93 bits per heavy atom. The predicted molar refractivity (Wildman–Crippen MR) is 66.6 cm³/mol. The van der Waals surface area contributed by atoms with E-state index in [4.69, 9.17) is 0 Å². The highest BCUT2D eigenvalue weighted by Crippen LogP contribution is 1.92. The molecule has 5 nitrogen and oxygen atoms in total. The Kier molecular flexibility index (Phi) is 7.63. The van der Waals surface area contributed by atoms with Gasteiger partial charge in [0.05, 0.1) is 6.04 Å². The summed E-state index contributed by atoms with van der Waals surface area (Å²) in [4.78, 5) is 22.8. The first-order valence-corrected chi connectivity index (χ1v) is 5.78. The number of rotatable bonds is 6. The van der Waals surface area contributed by atoms with Crippen LogP contribution in [0.3, 0.4) is 0 Å². The molecule has 2 amide bonds. The van der Waals surface area contributed by atoms with Gasteiger partial charge in [-0.15, -0.1) is 0 Å². The van der Waals surface area contributed by atoms with Crippen LogP contribution in [0.1, 0.15) is 0 Å². The molecule has 15 heavy (non-hydrogen) atoms. The molecule has 0 saturated carbocycles. The van der Waals surface area contributed by atoms with E-state index in [-0.39, 0.29) is 17.6 Å². The lowest BCUT2D eigenvalue weighted by Gasteiger charge is -2.19. The quantitative estimate of drug-likeness (QED) is 0.380. The lowest BCUT2D eigenvalue weighted by atomic mass is 10.2. The molecule has 0 fully saturated rings. The minimum absolute atomic E-state index is 0.254. The van der Waals surface area contributed by atoms with E-state index < -0.39 is 12.1 Å². The van der Waals surface area contributed by atoms with E-state index in [1.54, 1.807) is 7.05 Å². The zero-order chi connectivity index (χ0) is 11.8. The average molecular weight is 251 g/mol. The van der Waals surface area contributed by atoms with Crippen molar-refractivity contribution in [2.24, 2.45) is 0 Å².